The highest BCUT2D eigenvalue weighted by Gasteiger charge is 2.25. The van der Waals surface area contributed by atoms with Crippen molar-refractivity contribution in [1.29, 1.82) is 0 Å². The Balaban J connectivity index is 0.00000220. The van der Waals surface area contributed by atoms with E-state index in [-0.39, 0.29) is 30.3 Å². The van der Waals surface area contributed by atoms with Gasteiger partial charge >= 0.3 is 0 Å². The molecule has 0 bridgehead atoms. The van der Waals surface area contributed by atoms with Gasteiger partial charge in [-0.1, -0.05) is 30.3 Å². The first-order valence-corrected chi connectivity index (χ1v) is 7.35. The topological polar surface area (TPSA) is 64.4 Å². The van der Waals surface area contributed by atoms with Gasteiger partial charge in [-0.25, -0.2) is 0 Å². The van der Waals surface area contributed by atoms with Crippen molar-refractivity contribution >= 4 is 18.3 Å². The second kappa shape index (κ2) is 9.03. The molecule has 2 unspecified atom stereocenters. The minimum Gasteiger partial charge on any atom is -0.381 e. The second-order valence-corrected chi connectivity index (χ2v) is 5.45. The molecule has 3 N–H and O–H groups in total. The molecule has 1 amide bonds. The summed E-state index contributed by atoms with van der Waals surface area (Å²) in [5, 5.41) is 3.12. The highest BCUT2D eigenvalue weighted by molar-refractivity contribution is 5.85. The Morgan fingerprint density at radius 2 is 1.95 bits per heavy atom. The molecule has 0 radical (unpaired) electrons. The molecule has 21 heavy (non-hydrogen) atoms. The number of rotatable bonds is 5. The summed E-state index contributed by atoms with van der Waals surface area (Å²) in [6, 6.07) is 9.90. The molecule has 1 aliphatic rings. The van der Waals surface area contributed by atoms with Crippen molar-refractivity contribution in [3.8, 4) is 0 Å². The maximum Gasteiger partial charge on any atom is 0.229 e. The minimum absolute atomic E-state index is 0. The van der Waals surface area contributed by atoms with Gasteiger partial charge in [-0.2, -0.15) is 0 Å². The lowest BCUT2D eigenvalue weighted by Gasteiger charge is -2.29. The molecule has 0 aromatic heterocycles. The fraction of sp³-hybridized carbons (Fsp3) is 0.562. The van der Waals surface area contributed by atoms with E-state index in [0.717, 1.165) is 31.6 Å². The van der Waals surface area contributed by atoms with Crippen molar-refractivity contribution in [1.82, 2.24) is 5.32 Å². The van der Waals surface area contributed by atoms with Crippen LogP contribution in [0.15, 0.2) is 30.3 Å². The summed E-state index contributed by atoms with van der Waals surface area (Å²) < 4.78 is 5.36. The molecule has 0 aliphatic carbocycles. The summed E-state index contributed by atoms with van der Waals surface area (Å²) >= 11 is 0. The monoisotopic (exact) mass is 312 g/mol. The van der Waals surface area contributed by atoms with Crippen molar-refractivity contribution in [2.45, 2.75) is 31.7 Å². The fourth-order valence-electron chi connectivity index (χ4n) is 2.74. The van der Waals surface area contributed by atoms with Gasteiger partial charge in [0.15, 0.2) is 0 Å². The molecule has 1 heterocycles. The van der Waals surface area contributed by atoms with Crippen molar-refractivity contribution < 1.29 is 9.53 Å². The van der Waals surface area contributed by atoms with Gasteiger partial charge < -0.3 is 15.8 Å². The lowest BCUT2D eigenvalue weighted by Crippen LogP contribution is -2.43. The van der Waals surface area contributed by atoms with Crippen molar-refractivity contribution in [2.75, 3.05) is 19.8 Å². The van der Waals surface area contributed by atoms with Gasteiger partial charge in [-0.3, -0.25) is 4.79 Å². The van der Waals surface area contributed by atoms with Crippen LogP contribution < -0.4 is 11.1 Å². The van der Waals surface area contributed by atoms with Crippen LogP contribution in [0, 0.1) is 5.92 Å². The maximum atomic E-state index is 12.4. The maximum absolute atomic E-state index is 12.4. The molecular formula is C16H25ClN2O2. The second-order valence-electron chi connectivity index (χ2n) is 5.45. The molecule has 0 saturated carbocycles. The summed E-state index contributed by atoms with van der Waals surface area (Å²) in [5.74, 6) is 0.262. The Bertz CT molecular complexity index is 422. The van der Waals surface area contributed by atoms with Crippen LogP contribution in [-0.4, -0.2) is 31.7 Å². The van der Waals surface area contributed by atoms with Gasteiger partial charge in [0.2, 0.25) is 5.91 Å². The molecule has 1 fully saturated rings. The van der Waals surface area contributed by atoms with E-state index in [1.54, 1.807) is 0 Å². The predicted octanol–water partition coefficient (Wildman–Crippen LogP) is 2.08. The van der Waals surface area contributed by atoms with Gasteiger partial charge in [0.05, 0.1) is 5.92 Å². The smallest absolute Gasteiger partial charge is 0.229 e. The van der Waals surface area contributed by atoms with Crippen LogP contribution in [0.25, 0.3) is 0 Å². The van der Waals surface area contributed by atoms with Crippen LogP contribution >= 0.6 is 12.4 Å². The molecule has 1 aliphatic heterocycles. The molecule has 0 spiro atoms. The third-order valence-electron chi connectivity index (χ3n) is 4.10. The van der Waals surface area contributed by atoms with Crippen molar-refractivity contribution in [3.63, 3.8) is 0 Å². The molecule has 1 aromatic carbocycles. The van der Waals surface area contributed by atoms with E-state index in [1.165, 1.54) is 0 Å². The number of benzene rings is 1. The molecule has 118 valence electrons. The van der Waals surface area contributed by atoms with Crippen LogP contribution in [0.2, 0.25) is 0 Å². The zero-order valence-corrected chi connectivity index (χ0v) is 13.3. The van der Waals surface area contributed by atoms with Crippen LogP contribution in [0.5, 0.6) is 0 Å². The molecule has 2 rings (SSSR count). The van der Waals surface area contributed by atoms with E-state index >= 15 is 0 Å². The number of nitrogens with one attached hydrogen (secondary N) is 1. The van der Waals surface area contributed by atoms with E-state index in [2.05, 4.69) is 12.2 Å². The van der Waals surface area contributed by atoms with Crippen molar-refractivity contribution in [3.05, 3.63) is 35.9 Å². The van der Waals surface area contributed by atoms with E-state index < -0.39 is 0 Å². The first kappa shape index (κ1) is 18.0. The number of carbonyl (C=O) groups is 1. The largest absolute Gasteiger partial charge is 0.381 e. The summed E-state index contributed by atoms with van der Waals surface area (Å²) in [7, 11) is 0. The van der Waals surface area contributed by atoms with Crippen LogP contribution in [0.3, 0.4) is 0 Å². The number of hydrogen-bond donors (Lipinski definition) is 2. The summed E-state index contributed by atoms with van der Waals surface area (Å²) in [4.78, 5) is 12.4. The van der Waals surface area contributed by atoms with Crippen LogP contribution in [0.1, 0.15) is 31.2 Å². The lowest BCUT2D eigenvalue weighted by molar-refractivity contribution is -0.123. The standard InChI is InChI=1S/C16H24N2O2.ClH/c1-12(13-7-9-20-10-8-13)18-16(19)15(11-17)14-5-3-2-4-6-14;/h2-6,12-13,15H,7-11,17H2,1H3,(H,18,19);1H. The first-order valence-electron chi connectivity index (χ1n) is 7.35. The van der Waals surface area contributed by atoms with Gasteiger partial charge in [0.1, 0.15) is 0 Å². The summed E-state index contributed by atoms with van der Waals surface area (Å²) in [6.45, 7) is 4.00. The number of carbonyl (C=O) groups excluding carboxylic acids is 1. The molecule has 5 heteroatoms. The van der Waals surface area contributed by atoms with E-state index in [0.29, 0.717) is 12.5 Å². The molecule has 2 atom stereocenters. The summed E-state index contributed by atoms with van der Waals surface area (Å²) in [6.07, 6.45) is 2.03. The number of ether oxygens (including phenoxy) is 1. The average Bonchev–Trinajstić information content (AvgIpc) is 2.50. The first-order chi connectivity index (χ1) is 9.72. The zero-order chi connectivity index (χ0) is 14.4. The molecule has 4 nitrogen and oxygen atoms in total. The molecule has 1 saturated heterocycles. The number of amides is 1. The van der Waals surface area contributed by atoms with E-state index in [1.807, 2.05) is 30.3 Å². The van der Waals surface area contributed by atoms with Gasteiger partial charge in [-0.15, -0.1) is 12.4 Å². The zero-order valence-electron chi connectivity index (χ0n) is 12.5. The SMILES string of the molecule is CC(NC(=O)C(CN)c1ccccc1)C1CCOCC1.Cl. The predicted molar refractivity (Wildman–Crippen MR) is 86.6 cm³/mol. The quantitative estimate of drug-likeness (QED) is 0.875. The van der Waals surface area contributed by atoms with Gasteiger partial charge in [0.25, 0.3) is 0 Å². The number of nitrogens with two attached hydrogens (primary N) is 1. The van der Waals surface area contributed by atoms with Gasteiger partial charge in [-0.05, 0) is 31.2 Å². The van der Waals surface area contributed by atoms with Gasteiger partial charge in [0, 0.05) is 25.8 Å². The third kappa shape index (κ3) is 4.99. The Morgan fingerprint density at radius 1 is 1.33 bits per heavy atom. The fourth-order valence-corrected chi connectivity index (χ4v) is 2.74. The van der Waals surface area contributed by atoms with E-state index in [4.69, 9.17) is 10.5 Å². The lowest BCUT2D eigenvalue weighted by atomic mass is 9.91. The number of halogens is 1. The van der Waals surface area contributed by atoms with E-state index in [9.17, 15) is 4.79 Å². The Labute approximate surface area is 132 Å². The Hall–Kier alpha value is -1.10. The van der Waals surface area contributed by atoms with Crippen LogP contribution in [0.4, 0.5) is 0 Å². The number of hydrogen-bond acceptors (Lipinski definition) is 3. The van der Waals surface area contributed by atoms with Crippen molar-refractivity contribution in [2.24, 2.45) is 11.7 Å². The Kier molecular flexibility index (Phi) is 7.72. The average molecular weight is 313 g/mol. The minimum atomic E-state index is -0.265. The van der Waals surface area contributed by atoms with Crippen LogP contribution in [-0.2, 0) is 9.53 Å². The normalized spacial score (nSPS) is 18.4. The Morgan fingerprint density at radius 3 is 2.52 bits per heavy atom. The third-order valence-corrected chi connectivity index (χ3v) is 4.10. The highest BCUT2D eigenvalue weighted by atomic mass is 35.5. The summed E-state index contributed by atoms with van der Waals surface area (Å²) in [5.41, 5.74) is 6.76. The highest BCUT2D eigenvalue weighted by Crippen LogP contribution is 2.20. The molecule has 1 aromatic rings. The molecular weight excluding hydrogens is 288 g/mol.